The summed E-state index contributed by atoms with van der Waals surface area (Å²) in [4.78, 5) is 9.23. The maximum absolute atomic E-state index is 14.1. The molecule has 3 aromatic rings. The third-order valence-electron chi connectivity index (χ3n) is 4.50. The van der Waals surface area contributed by atoms with Crippen molar-refractivity contribution in [2.75, 3.05) is 0 Å². The summed E-state index contributed by atoms with van der Waals surface area (Å²) in [5.74, 6) is 0. The third kappa shape index (κ3) is 3.40. The number of fused-ring (bicyclic) bond motifs is 1. The highest BCUT2D eigenvalue weighted by atomic mass is 35.5. The average molecular weight is 436 g/mol. The molecule has 4 rings (SSSR count). The highest BCUT2D eigenvalue weighted by Crippen LogP contribution is 2.48. The van der Waals surface area contributed by atoms with Gasteiger partial charge in [-0.3, -0.25) is 10.3 Å². The first-order valence-corrected chi connectivity index (χ1v) is 8.99. The Morgan fingerprint density at radius 3 is 2.41 bits per heavy atom. The van der Waals surface area contributed by atoms with E-state index in [9.17, 15) is 13.2 Å². The summed E-state index contributed by atoms with van der Waals surface area (Å²) in [6.07, 6.45) is -3.83. The van der Waals surface area contributed by atoms with Crippen molar-refractivity contribution in [1.29, 1.82) is 5.26 Å². The van der Waals surface area contributed by atoms with E-state index in [0.717, 1.165) is 18.2 Å². The van der Waals surface area contributed by atoms with Gasteiger partial charge in [0.05, 0.1) is 11.2 Å². The lowest BCUT2D eigenvalue weighted by atomic mass is 9.91. The molecule has 1 N–H and O–H groups in total. The largest absolute Gasteiger partial charge is 0.428 e. The molecule has 0 radical (unpaired) electrons. The van der Waals surface area contributed by atoms with Crippen LogP contribution in [0.15, 0.2) is 54.6 Å². The minimum absolute atomic E-state index is 0.0617. The van der Waals surface area contributed by atoms with Crippen molar-refractivity contribution in [2.45, 2.75) is 11.8 Å². The van der Waals surface area contributed by atoms with Gasteiger partial charge in [0.25, 0.3) is 0 Å². The van der Waals surface area contributed by atoms with Gasteiger partial charge in [-0.1, -0.05) is 29.3 Å². The molecule has 9 heteroatoms. The summed E-state index contributed by atoms with van der Waals surface area (Å²) < 4.78 is 42.2. The Balaban J connectivity index is 1.83. The number of halogens is 5. The van der Waals surface area contributed by atoms with Crippen LogP contribution in [0.3, 0.4) is 0 Å². The zero-order valence-electron chi connectivity index (χ0n) is 14.4. The fourth-order valence-electron chi connectivity index (χ4n) is 3.11. The summed E-state index contributed by atoms with van der Waals surface area (Å²) in [5.41, 5.74) is 0.771. The lowest BCUT2D eigenvalue weighted by molar-refractivity contribution is -0.269. The van der Waals surface area contributed by atoms with Gasteiger partial charge in [-0.2, -0.15) is 18.4 Å². The molecule has 0 bridgehead atoms. The molecule has 1 aliphatic heterocycles. The van der Waals surface area contributed by atoms with Crippen molar-refractivity contribution in [3.05, 3.63) is 81.5 Å². The molecule has 0 amide bonds. The number of benzene rings is 2. The maximum atomic E-state index is 14.1. The van der Waals surface area contributed by atoms with Crippen molar-refractivity contribution in [1.82, 2.24) is 10.5 Å². The minimum Gasteiger partial charge on any atom is -0.265 e. The first-order valence-electron chi connectivity index (χ1n) is 8.23. The van der Waals surface area contributed by atoms with E-state index in [1.54, 1.807) is 24.3 Å². The highest BCUT2D eigenvalue weighted by molar-refractivity contribution is 6.34. The summed E-state index contributed by atoms with van der Waals surface area (Å²) in [6.45, 7) is 0. The summed E-state index contributed by atoms with van der Waals surface area (Å²) in [6, 6.07) is 13.7. The average Bonchev–Trinajstić information content (AvgIpc) is 3.13. The molecule has 1 aliphatic rings. The summed E-state index contributed by atoms with van der Waals surface area (Å²) >= 11 is 11.8. The van der Waals surface area contributed by atoms with Crippen molar-refractivity contribution >= 4 is 39.8 Å². The zero-order valence-corrected chi connectivity index (χ0v) is 15.9. The predicted molar refractivity (Wildman–Crippen MR) is 103 cm³/mol. The molecule has 29 heavy (non-hydrogen) atoms. The molecule has 1 atom stereocenters. The minimum atomic E-state index is -4.78. The number of hydrogen-bond acceptors (Lipinski definition) is 4. The molecular formula is C20H10Cl2F3N3O. The van der Waals surface area contributed by atoms with E-state index in [-0.39, 0.29) is 27.0 Å². The molecule has 2 aromatic carbocycles. The predicted octanol–water partition coefficient (Wildman–Crippen LogP) is 5.75. The topological polar surface area (TPSA) is 57.9 Å². The van der Waals surface area contributed by atoms with E-state index >= 15 is 0 Å². The molecule has 2 heterocycles. The van der Waals surface area contributed by atoms with E-state index in [2.05, 4.69) is 10.5 Å². The van der Waals surface area contributed by atoms with E-state index in [4.69, 9.17) is 33.3 Å². The van der Waals surface area contributed by atoms with Crippen LogP contribution in [0.25, 0.3) is 16.6 Å². The number of nitriles is 1. The van der Waals surface area contributed by atoms with E-state index in [1.807, 2.05) is 6.07 Å². The molecule has 1 aromatic heterocycles. The van der Waals surface area contributed by atoms with Gasteiger partial charge in [0.15, 0.2) is 0 Å². The second-order valence-electron chi connectivity index (χ2n) is 6.37. The van der Waals surface area contributed by atoms with Crippen molar-refractivity contribution in [3.8, 4) is 6.07 Å². The van der Waals surface area contributed by atoms with Crippen LogP contribution >= 0.6 is 23.2 Å². The summed E-state index contributed by atoms with van der Waals surface area (Å²) in [7, 11) is 0. The quantitative estimate of drug-likeness (QED) is 0.556. The number of nitrogens with one attached hydrogen (secondary N) is 1. The number of nitrogens with zero attached hydrogens (tertiary/aromatic N) is 2. The Labute approximate surface area is 173 Å². The highest BCUT2D eigenvalue weighted by Gasteiger charge is 2.59. The standard InChI is InChI=1S/C20H10Cl2F3N3O/c21-14-6-13(7-15(22)8-14)19(20(23,24)25)9-18(28-29-19)12-2-4-17-11(5-12)1-3-16(10-26)27-17/h1-9,28H. The second-order valence-corrected chi connectivity index (χ2v) is 7.24. The molecule has 0 saturated heterocycles. The van der Waals surface area contributed by atoms with Gasteiger partial charge in [-0.25, -0.2) is 4.98 Å². The van der Waals surface area contributed by atoms with Crippen LogP contribution in [-0.2, 0) is 10.4 Å². The van der Waals surface area contributed by atoms with Gasteiger partial charge < -0.3 is 0 Å². The Morgan fingerprint density at radius 2 is 1.76 bits per heavy atom. The normalized spacial score (nSPS) is 19.0. The van der Waals surface area contributed by atoms with Gasteiger partial charge >= 0.3 is 6.18 Å². The fourth-order valence-corrected chi connectivity index (χ4v) is 3.64. The zero-order chi connectivity index (χ0) is 20.8. The van der Waals surface area contributed by atoms with E-state index in [0.29, 0.717) is 16.5 Å². The van der Waals surface area contributed by atoms with Crippen LogP contribution < -0.4 is 5.48 Å². The Morgan fingerprint density at radius 1 is 1.03 bits per heavy atom. The number of rotatable bonds is 2. The molecule has 1 unspecified atom stereocenters. The molecule has 0 saturated carbocycles. The molecule has 0 aliphatic carbocycles. The molecule has 4 nitrogen and oxygen atoms in total. The van der Waals surface area contributed by atoms with Crippen molar-refractivity contribution in [2.24, 2.45) is 0 Å². The molecular weight excluding hydrogens is 426 g/mol. The molecule has 146 valence electrons. The van der Waals surface area contributed by atoms with Gasteiger partial charge in [0.1, 0.15) is 11.8 Å². The number of alkyl halides is 3. The second kappa shape index (κ2) is 6.92. The van der Waals surface area contributed by atoms with Crippen molar-refractivity contribution in [3.63, 3.8) is 0 Å². The van der Waals surface area contributed by atoms with Crippen molar-refractivity contribution < 1.29 is 18.0 Å². The van der Waals surface area contributed by atoms with Crippen LogP contribution in [0.1, 0.15) is 16.8 Å². The number of hydrogen-bond donors (Lipinski definition) is 1. The lowest BCUT2D eigenvalue weighted by Gasteiger charge is -2.28. The Kier molecular flexibility index (Phi) is 4.66. The monoisotopic (exact) mass is 435 g/mol. The SMILES string of the molecule is N#Cc1ccc2cc(C3=CC(c4cc(Cl)cc(Cl)c4)(C(F)(F)F)ON3)ccc2n1. The van der Waals surface area contributed by atoms with Gasteiger partial charge in [-0.15, -0.1) is 0 Å². The first-order chi connectivity index (χ1) is 13.7. The van der Waals surface area contributed by atoms with Crippen LogP contribution in [0, 0.1) is 11.3 Å². The Hall–Kier alpha value is -2.79. The van der Waals surface area contributed by atoms with Crippen LogP contribution in [0.5, 0.6) is 0 Å². The number of aromatic nitrogens is 1. The summed E-state index contributed by atoms with van der Waals surface area (Å²) in [5, 5.41) is 9.72. The number of pyridine rings is 1. The Bertz CT molecular complexity index is 1180. The van der Waals surface area contributed by atoms with Gasteiger partial charge in [0, 0.05) is 26.6 Å². The van der Waals surface area contributed by atoms with Crippen LogP contribution in [0.2, 0.25) is 10.0 Å². The first kappa shape index (κ1) is 19.5. The fraction of sp³-hybridized carbons (Fsp3) is 0.100. The molecule has 0 spiro atoms. The van der Waals surface area contributed by atoms with Crippen LogP contribution in [-0.4, -0.2) is 11.2 Å². The van der Waals surface area contributed by atoms with Crippen LogP contribution in [0.4, 0.5) is 13.2 Å². The van der Waals surface area contributed by atoms with Gasteiger partial charge in [-0.05, 0) is 48.5 Å². The van der Waals surface area contributed by atoms with E-state index in [1.165, 1.54) is 12.1 Å². The molecule has 0 fully saturated rings. The lowest BCUT2D eigenvalue weighted by Crippen LogP contribution is -2.42. The third-order valence-corrected chi connectivity index (χ3v) is 4.93. The van der Waals surface area contributed by atoms with Gasteiger partial charge in [0.2, 0.25) is 5.60 Å². The smallest absolute Gasteiger partial charge is 0.265 e. The maximum Gasteiger partial charge on any atom is 0.428 e. The van der Waals surface area contributed by atoms with E-state index < -0.39 is 11.8 Å². The number of hydroxylamine groups is 1.